The molecule has 0 saturated heterocycles. The number of hydrogen-bond acceptors (Lipinski definition) is 7. The summed E-state index contributed by atoms with van der Waals surface area (Å²) in [5.41, 5.74) is -0.573. The summed E-state index contributed by atoms with van der Waals surface area (Å²) < 4.78 is 0.362. The van der Waals surface area contributed by atoms with Crippen LogP contribution in [0.25, 0.3) is 11.1 Å². The van der Waals surface area contributed by atoms with Crippen molar-refractivity contribution in [3.05, 3.63) is 59.0 Å². The highest BCUT2D eigenvalue weighted by molar-refractivity contribution is 9.11. The van der Waals surface area contributed by atoms with Gasteiger partial charge in [-0.15, -0.1) is 0 Å². The largest absolute Gasteiger partial charge is 0.506 e. The number of nitro benzene ring substituents is 2. The van der Waals surface area contributed by atoms with Crippen molar-refractivity contribution >= 4 is 49.4 Å². The molecule has 0 heterocycles. The molecule has 124 valence electrons. The number of phenolic OH excluding ortho intramolecular Hbond substituents is 1. The quantitative estimate of drug-likeness (QED) is 0.303. The van der Waals surface area contributed by atoms with Crippen molar-refractivity contribution in [2.45, 2.75) is 0 Å². The zero-order valence-corrected chi connectivity index (χ0v) is 14.7. The highest BCUT2D eigenvalue weighted by atomic mass is 79.9. The first-order chi connectivity index (χ1) is 11.3. The Kier molecular flexibility index (Phi) is 5.14. The number of oxime groups is 1. The number of halogens is 2. The van der Waals surface area contributed by atoms with Crippen molar-refractivity contribution in [2.24, 2.45) is 5.16 Å². The lowest BCUT2D eigenvalue weighted by Gasteiger charge is -2.12. The van der Waals surface area contributed by atoms with Crippen LogP contribution in [0.1, 0.15) is 5.56 Å². The Morgan fingerprint density at radius 1 is 1.12 bits per heavy atom. The molecule has 24 heavy (non-hydrogen) atoms. The lowest BCUT2D eigenvalue weighted by Crippen LogP contribution is -1.98. The molecule has 0 fully saturated rings. The molecule has 0 spiro atoms. The fourth-order valence-corrected chi connectivity index (χ4v) is 3.43. The molecule has 0 amide bonds. The van der Waals surface area contributed by atoms with Crippen molar-refractivity contribution < 1.29 is 20.2 Å². The van der Waals surface area contributed by atoms with Gasteiger partial charge >= 0.3 is 0 Å². The van der Waals surface area contributed by atoms with Gasteiger partial charge in [0.2, 0.25) is 0 Å². The third-order valence-electron chi connectivity index (χ3n) is 3.08. The first-order valence-electron chi connectivity index (χ1n) is 6.09. The Hall–Kier alpha value is -2.53. The third kappa shape index (κ3) is 3.21. The van der Waals surface area contributed by atoms with Crippen LogP contribution in [0.15, 0.2) is 38.4 Å². The van der Waals surface area contributed by atoms with Crippen LogP contribution in [-0.2, 0) is 0 Å². The molecule has 0 bridgehead atoms. The van der Waals surface area contributed by atoms with Gasteiger partial charge < -0.3 is 10.3 Å². The summed E-state index contributed by atoms with van der Waals surface area (Å²) in [6.07, 6.45) is 1.02. The van der Waals surface area contributed by atoms with E-state index in [1.54, 1.807) is 0 Å². The summed E-state index contributed by atoms with van der Waals surface area (Å²) >= 11 is 6.24. The van der Waals surface area contributed by atoms with Crippen LogP contribution in [0.4, 0.5) is 11.4 Å². The van der Waals surface area contributed by atoms with E-state index in [1.165, 1.54) is 12.1 Å². The number of phenols is 1. The zero-order valence-electron chi connectivity index (χ0n) is 11.5. The topological polar surface area (TPSA) is 139 Å². The molecule has 2 aromatic carbocycles. The molecule has 2 N–H and O–H groups in total. The van der Waals surface area contributed by atoms with Crippen LogP contribution in [0.3, 0.4) is 0 Å². The molecule has 0 unspecified atom stereocenters. The second-order valence-electron chi connectivity index (χ2n) is 4.45. The fraction of sp³-hybridized carbons (Fsp3) is 0. The molecule has 0 aliphatic carbocycles. The van der Waals surface area contributed by atoms with E-state index in [2.05, 4.69) is 37.0 Å². The molecule has 0 saturated carbocycles. The molecule has 0 aromatic heterocycles. The van der Waals surface area contributed by atoms with E-state index in [0.717, 1.165) is 18.3 Å². The first-order valence-corrected chi connectivity index (χ1v) is 7.68. The van der Waals surface area contributed by atoms with Gasteiger partial charge in [0.05, 0.1) is 36.6 Å². The van der Waals surface area contributed by atoms with Gasteiger partial charge in [-0.05, 0) is 44.0 Å². The maximum absolute atomic E-state index is 11.3. The molecule has 0 aliphatic rings. The average Bonchev–Trinajstić information content (AvgIpc) is 2.52. The molecule has 0 aliphatic heterocycles. The third-order valence-corrected chi connectivity index (χ3v) is 4.46. The normalized spacial score (nSPS) is 10.9. The average molecular weight is 461 g/mol. The van der Waals surface area contributed by atoms with Gasteiger partial charge in [-0.3, -0.25) is 20.2 Å². The second-order valence-corrected chi connectivity index (χ2v) is 6.09. The highest BCUT2D eigenvalue weighted by Gasteiger charge is 2.25. The molecule has 2 aromatic rings. The smallest absolute Gasteiger partial charge is 0.284 e. The maximum atomic E-state index is 11.3. The summed E-state index contributed by atoms with van der Waals surface area (Å²) in [7, 11) is 0. The minimum atomic E-state index is -0.770. The number of hydrogen-bond donors (Lipinski definition) is 2. The predicted octanol–water partition coefficient (Wildman–Crippen LogP) is 4.21. The molecule has 0 radical (unpaired) electrons. The summed E-state index contributed by atoms with van der Waals surface area (Å²) in [4.78, 5) is 20.6. The minimum Gasteiger partial charge on any atom is -0.506 e. The number of aromatic hydroxyl groups is 1. The number of benzene rings is 2. The van der Waals surface area contributed by atoms with Crippen molar-refractivity contribution in [3.8, 4) is 16.9 Å². The monoisotopic (exact) mass is 459 g/mol. The lowest BCUT2D eigenvalue weighted by atomic mass is 9.98. The Labute approximate surface area is 150 Å². The van der Waals surface area contributed by atoms with E-state index < -0.39 is 21.2 Å². The highest BCUT2D eigenvalue weighted by Crippen LogP contribution is 2.45. The van der Waals surface area contributed by atoms with Gasteiger partial charge in [-0.25, -0.2) is 0 Å². The molecular formula is C13H7Br2N3O6. The van der Waals surface area contributed by atoms with Crippen LogP contribution < -0.4 is 0 Å². The first kappa shape index (κ1) is 17.8. The van der Waals surface area contributed by atoms with Crippen LogP contribution in [0.5, 0.6) is 5.75 Å². The van der Waals surface area contributed by atoms with E-state index in [4.69, 9.17) is 5.21 Å². The van der Waals surface area contributed by atoms with Crippen molar-refractivity contribution in [1.82, 2.24) is 0 Å². The fourth-order valence-electron chi connectivity index (χ4n) is 2.06. The van der Waals surface area contributed by atoms with Crippen LogP contribution in [0, 0.1) is 20.2 Å². The van der Waals surface area contributed by atoms with E-state index in [9.17, 15) is 25.3 Å². The minimum absolute atomic E-state index is 0.00942. The maximum Gasteiger partial charge on any atom is 0.284 e. The molecule has 2 rings (SSSR count). The van der Waals surface area contributed by atoms with Gasteiger partial charge in [0, 0.05) is 17.2 Å². The standard InChI is InChI=1S/C13H7Br2N3O6/c14-9-3-6(5-16-20)11(12(15)13(9)19)8-2-1-7(17(21)22)4-10(8)18(23)24/h1-5,19-20H/b16-5+. The summed E-state index contributed by atoms with van der Waals surface area (Å²) in [5, 5.41) is 43.9. The Bertz CT molecular complexity index is 884. The van der Waals surface area contributed by atoms with Crippen molar-refractivity contribution in [1.29, 1.82) is 0 Å². The predicted molar refractivity (Wildman–Crippen MR) is 91.6 cm³/mol. The SMILES string of the molecule is O=[N+]([O-])c1ccc(-c2c(/C=N/O)cc(Br)c(O)c2Br)c([N+](=O)[O-])c1. The van der Waals surface area contributed by atoms with Gasteiger partial charge in [0.15, 0.2) is 0 Å². The van der Waals surface area contributed by atoms with E-state index >= 15 is 0 Å². The van der Waals surface area contributed by atoms with Crippen LogP contribution >= 0.6 is 31.9 Å². The molecule has 9 nitrogen and oxygen atoms in total. The number of rotatable bonds is 4. The summed E-state index contributed by atoms with van der Waals surface area (Å²) in [5.74, 6) is -0.229. The summed E-state index contributed by atoms with van der Waals surface area (Å²) in [6.45, 7) is 0. The van der Waals surface area contributed by atoms with Gasteiger partial charge in [-0.1, -0.05) is 5.16 Å². The second kappa shape index (κ2) is 6.93. The van der Waals surface area contributed by atoms with Crippen LogP contribution in [-0.4, -0.2) is 26.4 Å². The Morgan fingerprint density at radius 3 is 2.33 bits per heavy atom. The lowest BCUT2D eigenvalue weighted by molar-refractivity contribution is -0.393. The molecule has 11 heteroatoms. The number of non-ortho nitro benzene ring substituents is 1. The Morgan fingerprint density at radius 2 is 1.79 bits per heavy atom. The molecular weight excluding hydrogens is 454 g/mol. The van der Waals surface area contributed by atoms with Crippen molar-refractivity contribution in [3.63, 3.8) is 0 Å². The van der Waals surface area contributed by atoms with E-state index in [0.29, 0.717) is 0 Å². The van der Waals surface area contributed by atoms with Gasteiger partial charge in [0.1, 0.15) is 5.75 Å². The van der Waals surface area contributed by atoms with Gasteiger partial charge in [-0.2, -0.15) is 0 Å². The number of nitrogens with zero attached hydrogens (tertiary/aromatic N) is 3. The summed E-state index contributed by atoms with van der Waals surface area (Å²) in [6, 6.07) is 4.51. The van der Waals surface area contributed by atoms with Crippen LogP contribution in [0.2, 0.25) is 0 Å². The Balaban J connectivity index is 2.88. The van der Waals surface area contributed by atoms with Crippen molar-refractivity contribution in [2.75, 3.05) is 0 Å². The molecule has 0 atom stereocenters. The van der Waals surface area contributed by atoms with Gasteiger partial charge in [0.25, 0.3) is 11.4 Å². The van der Waals surface area contributed by atoms with E-state index in [-0.39, 0.29) is 31.4 Å². The number of nitro groups is 2. The zero-order chi connectivity index (χ0) is 18.0. The van der Waals surface area contributed by atoms with E-state index in [1.807, 2.05) is 0 Å².